The minimum absolute atomic E-state index is 0.00154. The largest absolute Gasteiger partial charge is 0.432 e. The van der Waals surface area contributed by atoms with Crippen LogP contribution in [0.2, 0.25) is 0 Å². The van der Waals surface area contributed by atoms with Crippen LogP contribution in [-0.2, 0) is 27.6 Å². The fourth-order valence-corrected chi connectivity index (χ4v) is 5.22. The molecule has 0 aliphatic heterocycles. The molecule has 0 unspecified atom stereocenters. The first-order valence-electron chi connectivity index (χ1n) is 12.8. The number of rotatable bonds is 11. The summed E-state index contributed by atoms with van der Waals surface area (Å²) in [6.07, 6.45) is 0.694. The van der Waals surface area contributed by atoms with Gasteiger partial charge in [0.15, 0.2) is 15.6 Å². The number of ether oxygens (including phenoxy) is 2. The van der Waals surface area contributed by atoms with Crippen molar-refractivity contribution in [3.63, 3.8) is 0 Å². The van der Waals surface area contributed by atoms with Gasteiger partial charge in [0.05, 0.1) is 24.0 Å². The number of aromatic nitrogens is 1. The Bertz CT molecular complexity index is 1690. The van der Waals surface area contributed by atoms with Gasteiger partial charge in [-0.3, -0.25) is 4.79 Å². The van der Waals surface area contributed by atoms with Gasteiger partial charge in [0.2, 0.25) is 0 Å². The lowest BCUT2D eigenvalue weighted by Crippen LogP contribution is -2.16. The minimum Gasteiger partial charge on any atom is -0.432 e. The third-order valence-electron chi connectivity index (χ3n) is 6.41. The second kappa shape index (κ2) is 12.8. The van der Waals surface area contributed by atoms with Crippen LogP contribution in [0.3, 0.4) is 0 Å². The fourth-order valence-electron chi connectivity index (χ4n) is 4.49. The number of benzene rings is 3. The van der Waals surface area contributed by atoms with Gasteiger partial charge in [0.1, 0.15) is 16.5 Å². The molecule has 0 aliphatic rings. The van der Waals surface area contributed by atoms with Crippen molar-refractivity contribution in [2.24, 2.45) is 0 Å². The van der Waals surface area contributed by atoms with Gasteiger partial charge in [0, 0.05) is 35.8 Å². The average Bonchev–Trinajstić information content (AvgIpc) is 3.22. The van der Waals surface area contributed by atoms with Gasteiger partial charge in [0.25, 0.3) is 5.91 Å². The van der Waals surface area contributed by atoms with E-state index in [1.165, 1.54) is 22.8 Å². The molecule has 0 saturated heterocycles. The molecule has 4 rings (SSSR count). The van der Waals surface area contributed by atoms with Crippen LogP contribution in [0.5, 0.6) is 5.75 Å². The summed E-state index contributed by atoms with van der Waals surface area (Å²) in [7, 11) is -3.82. The van der Waals surface area contributed by atoms with Crippen molar-refractivity contribution in [2.75, 3.05) is 11.6 Å². The molecule has 4 aromatic rings. The Morgan fingerprint density at radius 2 is 1.71 bits per heavy atom. The standard InChI is InChI=1S/C30H28F4N2O5S/c1-18(40-17-20-7-5-4-6-8-20)13-23-16-24(29(37)35-22-10-12-28(25(32)15-22)42(3,38)39)19(2)36(23)26-11-9-21(31)14-27(26)41-30(33)34/h4-12,14-16,18,30H,13,17H2,1-3H3,(H,35,37)/t18-/m0/s1. The lowest BCUT2D eigenvalue weighted by molar-refractivity contribution is -0.0500. The molecule has 1 N–H and O–H groups in total. The molecule has 0 saturated carbocycles. The molecule has 0 spiro atoms. The summed E-state index contributed by atoms with van der Waals surface area (Å²) in [5.41, 5.74) is 1.90. The Balaban J connectivity index is 1.70. The summed E-state index contributed by atoms with van der Waals surface area (Å²) in [6.45, 7) is 0.449. The monoisotopic (exact) mass is 604 g/mol. The summed E-state index contributed by atoms with van der Waals surface area (Å²) < 4.78 is 90.5. The fraction of sp³-hybridized carbons (Fsp3) is 0.233. The molecule has 0 aliphatic carbocycles. The minimum atomic E-state index is -3.82. The van der Waals surface area contributed by atoms with E-state index in [1.54, 1.807) is 6.92 Å². The Kier molecular flexibility index (Phi) is 9.37. The molecule has 42 heavy (non-hydrogen) atoms. The molecule has 222 valence electrons. The number of nitrogens with one attached hydrogen (secondary N) is 1. The number of nitrogens with zero attached hydrogens (tertiary/aromatic N) is 1. The zero-order chi connectivity index (χ0) is 30.6. The SMILES string of the molecule is Cc1c(C(=O)Nc2ccc(S(C)(=O)=O)c(F)c2)cc(C[C@H](C)OCc2ccccc2)n1-c1ccc(F)cc1OC(F)F. The Morgan fingerprint density at radius 1 is 1.00 bits per heavy atom. The van der Waals surface area contributed by atoms with Gasteiger partial charge >= 0.3 is 6.61 Å². The Morgan fingerprint density at radius 3 is 2.36 bits per heavy atom. The van der Waals surface area contributed by atoms with Crippen molar-refractivity contribution in [1.82, 2.24) is 4.57 Å². The number of halogens is 4. The van der Waals surface area contributed by atoms with Crippen molar-refractivity contribution in [3.05, 3.63) is 107 Å². The van der Waals surface area contributed by atoms with E-state index in [4.69, 9.17) is 4.74 Å². The molecule has 1 aromatic heterocycles. The van der Waals surface area contributed by atoms with Crippen LogP contribution < -0.4 is 10.1 Å². The summed E-state index contributed by atoms with van der Waals surface area (Å²) in [5, 5.41) is 2.54. The second-order valence-corrected chi connectivity index (χ2v) is 11.6. The highest BCUT2D eigenvalue weighted by Crippen LogP contribution is 2.32. The van der Waals surface area contributed by atoms with E-state index in [-0.39, 0.29) is 23.4 Å². The van der Waals surface area contributed by atoms with Crippen molar-refractivity contribution >= 4 is 21.4 Å². The maximum absolute atomic E-state index is 14.4. The van der Waals surface area contributed by atoms with Crippen molar-refractivity contribution < 1.29 is 40.2 Å². The average molecular weight is 605 g/mol. The van der Waals surface area contributed by atoms with E-state index in [1.807, 2.05) is 37.3 Å². The third kappa shape index (κ3) is 7.37. The van der Waals surface area contributed by atoms with Gasteiger partial charge < -0.3 is 19.4 Å². The lowest BCUT2D eigenvalue weighted by atomic mass is 10.1. The summed E-state index contributed by atoms with van der Waals surface area (Å²) in [4.78, 5) is 12.8. The number of alkyl halides is 2. The number of amides is 1. The smallest absolute Gasteiger partial charge is 0.387 e. The Hall–Kier alpha value is -4.16. The summed E-state index contributed by atoms with van der Waals surface area (Å²) in [6, 6.07) is 17.3. The third-order valence-corrected chi connectivity index (χ3v) is 7.54. The predicted molar refractivity (Wildman–Crippen MR) is 149 cm³/mol. The molecule has 0 radical (unpaired) electrons. The number of carbonyl (C=O) groups excluding carboxylic acids is 1. The molecule has 1 heterocycles. The van der Waals surface area contributed by atoms with Gasteiger partial charge in [-0.05, 0) is 55.8 Å². The first kappa shape index (κ1) is 30.8. The van der Waals surface area contributed by atoms with E-state index in [9.17, 15) is 30.8 Å². The molecular formula is C30H28F4N2O5S. The maximum atomic E-state index is 14.4. The molecule has 1 atom stereocenters. The van der Waals surface area contributed by atoms with Crippen molar-refractivity contribution in [2.45, 2.75) is 44.5 Å². The summed E-state index contributed by atoms with van der Waals surface area (Å²) >= 11 is 0. The lowest BCUT2D eigenvalue weighted by Gasteiger charge is -2.19. The zero-order valence-corrected chi connectivity index (χ0v) is 23.7. The Labute approximate surface area is 240 Å². The predicted octanol–water partition coefficient (Wildman–Crippen LogP) is 6.47. The molecule has 0 bridgehead atoms. The van der Waals surface area contributed by atoms with Crippen molar-refractivity contribution in [3.8, 4) is 11.4 Å². The first-order chi connectivity index (χ1) is 19.8. The molecule has 3 aromatic carbocycles. The van der Waals surface area contributed by atoms with Crippen LogP contribution in [0, 0.1) is 18.6 Å². The van der Waals surface area contributed by atoms with Gasteiger partial charge in [-0.1, -0.05) is 30.3 Å². The highest BCUT2D eigenvalue weighted by molar-refractivity contribution is 7.90. The van der Waals surface area contributed by atoms with Crippen LogP contribution >= 0.6 is 0 Å². The van der Waals surface area contributed by atoms with Crippen LogP contribution in [0.1, 0.15) is 34.2 Å². The molecule has 1 amide bonds. The number of hydrogen-bond donors (Lipinski definition) is 1. The maximum Gasteiger partial charge on any atom is 0.387 e. The van der Waals surface area contributed by atoms with E-state index >= 15 is 0 Å². The van der Waals surface area contributed by atoms with E-state index in [2.05, 4.69) is 10.1 Å². The van der Waals surface area contributed by atoms with Crippen LogP contribution in [-0.4, -0.2) is 37.9 Å². The van der Waals surface area contributed by atoms with Crippen LogP contribution in [0.25, 0.3) is 5.69 Å². The van der Waals surface area contributed by atoms with Gasteiger partial charge in [-0.15, -0.1) is 0 Å². The van der Waals surface area contributed by atoms with E-state index in [0.29, 0.717) is 18.0 Å². The zero-order valence-electron chi connectivity index (χ0n) is 22.9. The number of anilines is 1. The summed E-state index contributed by atoms with van der Waals surface area (Å²) in [5.74, 6) is -2.93. The quantitative estimate of drug-likeness (QED) is 0.199. The van der Waals surface area contributed by atoms with Gasteiger partial charge in [-0.25, -0.2) is 17.2 Å². The van der Waals surface area contributed by atoms with Crippen molar-refractivity contribution in [1.29, 1.82) is 0 Å². The number of hydrogen-bond acceptors (Lipinski definition) is 5. The molecule has 12 heteroatoms. The highest BCUT2D eigenvalue weighted by atomic mass is 32.2. The van der Waals surface area contributed by atoms with Crippen LogP contribution in [0.15, 0.2) is 77.7 Å². The second-order valence-electron chi connectivity index (χ2n) is 9.64. The van der Waals surface area contributed by atoms with E-state index < -0.39 is 50.7 Å². The molecule has 7 nitrogen and oxygen atoms in total. The molecular weight excluding hydrogens is 576 g/mol. The van der Waals surface area contributed by atoms with E-state index in [0.717, 1.165) is 36.1 Å². The topological polar surface area (TPSA) is 86.6 Å². The molecule has 0 fully saturated rings. The highest BCUT2D eigenvalue weighted by Gasteiger charge is 2.24. The van der Waals surface area contributed by atoms with Gasteiger partial charge in [-0.2, -0.15) is 8.78 Å². The normalized spacial score (nSPS) is 12.4. The number of sulfone groups is 1. The first-order valence-corrected chi connectivity index (χ1v) is 14.6. The number of carbonyl (C=O) groups is 1. The van der Waals surface area contributed by atoms with Crippen LogP contribution in [0.4, 0.5) is 23.2 Å².